The summed E-state index contributed by atoms with van der Waals surface area (Å²) in [6.45, 7) is 1.27. The molecule has 1 saturated heterocycles. The van der Waals surface area contributed by atoms with Crippen LogP contribution in [0.1, 0.15) is 18.4 Å². The van der Waals surface area contributed by atoms with Crippen molar-refractivity contribution in [2.75, 3.05) is 26.9 Å². The van der Waals surface area contributed by atoms with Crippen molar-refractivity contribution in [3.8, 4) is 0 Å². The highest BCUT2D eigenvalue weighted by molar-refractivity contribution is 5.68. The number of likely N-dealkylation sites (N-methyl/N-ethyl adjacent to an activating group) is 1. The summed E-state index contributed by atoms with van der Waals surface area (Å²) in [4.78, 5) is 13.6. The molecule has 0 unspecified atom stereocenters. The Balaban J connectivity index is 1.93. The number of amides is 1. The Kier molecular flexibility index (Phi) is 4.98. The van der Waals surface area contributed by atoms with Crippen LogP contribution in [0, 0.1) is 0 Å². The molecule has 20 heavy (non-hydrogen) atoms. The second-order valence-corrected chi connectivity index (χ2v) is 5.09. The molecule has 0 aliphatic carbocycles. The van der Waals surface area contributed by atoms with Crippen LogP contribution >= 0.6 is 0 Å². The number of hydrogen-bond donors (Lipinski definition) is 1. The summed E-state index contributed by atoms with van der Waals surface area (Å²) < 4.78 is 10.6. The van der Waals surface area contributed by atoms with Crippen molar-refractivity contribution in [3.63, 3.8) is 0 Å². The molecule has 0 radical (unpaired) electrons. The first-order valence-corrected chi connectivity index (χ1v) is 6.81. The fraction of sp³-hybridized carbons (Fsp3) is 0.533. The monoisotopic (exact) mass is 279 g/mol. The number of rotatable bonds is 4. The van der Waals surface area contributed by atoms with Crippen molar-refractivity contribution >= 4 is 6.09 Å². The highest BCUT2D eigenvalue weighted by atomic mass is 16.6. The van der Waals surface area contributed by atoms with E-state index in [0.29, 0.717) is 26.1 Å². The number of carbonyl (C=O) groups excluding carboxylic acids is 1. The van der Waals surface area contributed by atoms with Crippen LogP contribution in [0.3, 0.4) is 0 Å². The fourth-order valence-corrected chi connectivity index (χ4v) is 2.36. The van der Waals surface area contributed by atoms with E-state index in [-0.39, 0.29) is 13.2 Å². The van der Waals surface area contributed by atoms with E-state index in [9.17, 15) is 9.90 Å². The van der Waals surface area contributed by atoms with E-state index in [1.165, 1.54) is 4.90 Å². The molecule has 2 rings (SSSR count). The Morgan fingerprint density at radius 3 is 2.60 bits per heavy atom. The molecule has 5 nitrogen and oxygen atoms in total. The summed E-state index contributed by atoms with van der Waals surface area (Å²) in [7, 11) is 1.68. The van der Waals surface area contributed by atoms with Gasteiger partial charge in [-0.2, -0.15) is 0 Å². The maximum atomic E-state index is 12.1. The second kappa shape index (κ2) is 6.72. The second-order valence-electron chi connectivity index (χ2n) is 5.09. The molecular formula is C15H21NO4. The summed E-state index contributed by atoms with van der Waals surface area (Å²) in [5.74, 6) is 0. The van der Waals surface area contributed by atoms with Crippen molar-refractivity contribution < 1.29 is 19.4 Å². The summed E-state index contributed by atoms with van der Waals surface area (Å²) in [6.07, 6.45) is 0.839. The van der Waals surface area contributed by atoms with Gasteiger partial charge in [-0.15, -0.1) is 0 Å². The Morgan fingerprint density at radius 1 is 1.35 bits per heavy atom. The highest BCUT2D eigenvalue weighted by Crippen LogP contribution is 2.27. The predicted octanol–water partition coefficient (Wildman–Crippen LogP) is 1.80. The molecule has 0 atom stereocenters. The maximum Gasteiger partial charge on any atom is 0.410 e. The SMILES string of the molecule is CN(C(=O)OCc1ccccc1)C1(CO)CCOCC1. The largest absolute Gasteiger partial charge is 0.445 e. The van der Waals surface area contributed by atoms with Crippen LogP contribution in [0.15, 0.2) is 30.3 Å². The van der Waals surface area contributed by atoms with Gasteiger partial charge in [0.2, 0.25) is 0 Å². The van der Waals surface area contributed by atoms with Gasteiger partial charge in [0.15, 0.2) is 0 Å². The van der Waals surface area contributed by atoms with Crippen LogP contribution < -0.4 is 0 Å². The molecule has 0 saturated carbocycles. The van der Waals surface area contributed by atoms with E-state index in [1.54, 1.807) is 7.05 Å². The van der Waals surface area contributed by atoms with Gasteiger partial charge in [0.25, 0.3) is 0 Å². The molecule has 0 aromatic heterocycles. The van der Waals surface area contributed by atoms with E-state index < -0.39 is 11.6 Å². The highest BCUT2D eigenvalue weighted by Gasteiger charge is 2.39. The summed E-state index contributed by atoms with van der Waals surface area (Å²) in [5.41, 5.74) is 0.380. The molecule has 110 valence electrons. The van der Waals surface area contributed by atoms with Gasteiger partial charge in [-0.1, -0.05) is 30.3 Å². The molecule has 5 heteroatoms. The minimum absolute atomic E-state index is 0.0761. The van der Waals surface area contributed by atoms with E-state index in [0.717, 1.165) is 5.56 Å². The molecule has 1 aliphatic heterocycles. The van der Waals surface area contributed by atoms with Crippen molar-refractivity contribution in [1.82, 2.24) is 4.90 Å². The maximum absolute atomic E-state index is 12.1. The lowest BCUT2D eigenvalue weighted by molar-refractivity contribution is -0.0434. The number of carbonyl (C=O) groups is 1. The molecule has 1 aliphatic rings. The predicted molar refractivity (Wildman–Crippen MR) is 74.3 cm³/mol. The summed E-state index contributed by atoms with van der Waals surface area (Å²) in [6, 6.07) is 9.54. The van der Waals surface area contributed by atoms with Crippen LogP contribution in [0.25, 0.3) is 0 Å². The lowest BCUT2D eigenvalue weighted by Crippen LogP contribution is -2.55. The molecular weight excluding hydrogens is 258 g/mol. The smallest absolute Gasteiger partial charge is 0.410 e. The minimum Gasteiger partial charge on any atom is -0.445 e. The molecule has 1 aromatic rings. The van der Waals surface area contributed by atoms with Gasteiger partial charge in [-0.25, -0.2) is 4.79 Å². The average molecular weight is 279 g/mol. The molecule has 1 heterocycles. The molecule has 1 aromatic carbocycles. The number of benzene rings is 1. The third-order valence-corrected chi connectivity index (χ3v) is 3.91. The summed E-state index contributed by atoms with van der Waals surface area (Å²) >= 11 is 0. The van der Waals surface area contributed by atoms with E-state index in [2.05, 4.69) is 0 Å². The van der Waals surface area contributed by atoms with Gasteiger partial charge < -0.3 is 19.5 Å². The minimum atomic E-state index is -0.563. The van der Waals surface area contributed by atoms with Gasteiger partial charge in [-0.05, 0) is 18.4 Å². The fourth-order valence-electron chi connectivity index (χ4n) is 2.36. The lowest BCUT2D eigenvalue weighted by atomic mass is 9.89. The zero-order valence-electron chi connectivity index (χ0n) is 11.7. The molecule has 1 N–H and O–H groups in total. The van der Waals surface area contributed by atoms with Crippen molar-refractivity contribution in [1.29, 1.82) is 0 Å². The van der Waals surface area contributed by atoms with Crippen LogP contribution in [-0.4, -0.2) is 48.5 Å². The van der Waals surface area contributed by atoms with E-state index in [4.69, 9.17) is 9.47 Å². The van der Waals surface area contributed by atoms with Gasteiger partial charge in [0.1, 0.15) is 6.61 Å². The third-order valence-electron chi connectivity index (χ3n) is 3.91. The van der Waals surface area contributed by atoms with Gasteiger partial charge in [-0.3, -0.25) is 0 Å². The summed E-state index contributed by atoms with van der Waals surface area (Å²) in [5, 5.41) is 9.64. The zero-order valence-corrected chi connectivity index (χ0v) is 11.7. The van der Waals surface area contributed by atoms with Crippen LogP contribution in [0.5, 0.6) is 0 Å². The first-order valence-electron chi connectivity index (χ1n) is 6.81. The number of ether oxygens (including phenoxy) is 2. The van der Waals surface area contributed by atoms with Crippen LogP contribution in [0.2, 0.25) is 0 Å². The van der Waals surface area contributed by atoms with Gasteiger partial charge in [0.05, 0.1) is 12.1 Å². The third kappa shape index (κ3) is 3.29. The lowest BCUT2D eigenvalue weighted by Gasteiger charge is -2.42. The number of nitrogens with zero attached hydrogens (tertiary/aromatic N) is 1. The Morgan fingerprint density at radius 2 is 2.00 bits per heavy atom. The van der Waals surface area contributed by atoms with Crippen molar-refractivity contribution in [2.45, 2.75) is 25.0 Å². The topological polar surface area (TPSA) is 59.0 Å². The van der Waals surface area contributed by atoms with E-state index >= 15 is 0 Å². The Labute approximate surface area is 119 Å². The van der Waals surface area contributed by atoms with Crippen LogP contribution in [-0.2, 0) is 16.1 Å². The first kappa shape index (κ1) is 14.8. The number of aliphatic hydroxyl groups excluding tert-OH is 1. The number of aliphatic hydroxyl groups is 1. The molecule has 1 fully saturated rings. The molecule has 0 bridgehead atoms. The average Bonchev–Trinajstić information content (AvgIpc) is 2.53. The van der Waals surface area contributed by atoms with Gasteiger partial charge in [0, 0.05) is 20.3 Å². The Hall–Kier alpha value is -1.59. The van der Waals surface area contributed by atoms with Crippen LogP contribution in [0.4, 0.5) is 4.79 Å². The zero-order chi connectivity index (χ0) is 14.4. The standard InChI is InChI=1S/C15H21NO4/c1-16(15(12-17)7-9-19-10-8-15)14(18)20-11-13-5-3-2-4-6-13/h2-6,17H,7-12H2,1H3. The Bertz CT molecular complexity index is 429. The molecule has 0 spiro atoms. The normalized spacial score (nSPS) is 17.5. The quantitative estimate of drug-likeness (QED) is 0.913. The van der Waals surface area contributed by atoms with E-state index in [1.807, 2.05) is 30.3 Å². The first-order chi connectivity index (χ1) is 9.68. The van der Waals surface area contributed by atoms with Gasteiger partial charge >= 0.3 is 6.09 Å². The molecule has 1 amide bonds. The van der Waals surface area contributed by atoms with Crippen molar-refractivity contribution in [3.05, 3.63) is 35.9 Å². The number of hydrogen-bond acceptors (Lipinski definition) is 4. The van der Waals surface area contributed by atoms with Crippen molar-refractivity contribution in [2.24, 2.45) is 0 Å².